The van der Waals surface area contributed by atoms with Crippen molar-refractivity contribution < 1.29 is 27.1 Å². The van der Waals surface area contributed by atoms with Gasteiger partial charge >= 0.3 is 6.03 Å². The molecule has 8 nitrogen and oxygen atoms in total. The van der Waals surface area contributed by atoms with Gasteiger partial charge in [0.05, 0.1) is 30.4 Å². The zero-order valence-corrected chi connectivity index (χ0v) is 19.1. The average Bonchev–Trinajstić information content (AvgIpc) is 3.51. The summed E-state index contributed by atoms with van der Waals surface area (Å²) in [5, 5.41) is 2.19. The normalized spacial score (nSPS) is 17.2. The van der Waals surface area contributed by atoms with E-state index < -0.39 is 21.7 Å². The van der Waals surface area contributed by atoms with Crippen molar-refractivity contribution in [2.45, 2.75) is 38.0 Å². The van der Waals surface area contributed by atoms with Crippen LogP contribution in [0.4, 0.5) is 9.18 Å². The number of carbonyl (C=O) groups excluding carboxylic acids is 2. The predicted molar refractivity (Wildman–Crippen MR) is 119 cm³/mol. The van der Waals surface area contributed by atoms with Gasteiger partial charge in [0, 0.05) is 6.20 Å². The first kappa shape index (κ1) is 23.2. The van der Waals surface area contributed by atoms with Gasteiger partial charge in [-0.3, -0.25) is 15.1 Å². The number of amides is 3. The molecule has 1 saturated heterocycles. The molecule has 0 radical (unpaired) electrons. The molecule has 2 heterocycles. The number of sulfone groups is 1. The zero-order valence-electron chi connectivity index (χ0n) is 18.3. The van der Waals surface area contributed by atoms with E-state index in [0.717, 1.165) is 12.8 Å². The smallest absolute Gasteiger partial charge is 0.324 e. The van der Waals surface area contributed by atoms with Gasteiger partial charge in [0.2, 0.25) is 5.91 Å². The van der Waals surface area contributed by atoms with Crippen molar-refractivity contribution in [1.82, 2.24) is 15.2 Å². The van der Waals surface area contributed by atoms with Gasteiger partial charge in [-0.2, -0.15) is 0 Å². The number of ether oxygens (including phenoxy) is 1. The number of aromatic nitrogens is 1. The largest absolute Gasteiger partial charge is 0.490 e. The molecule has 10 heteroatoms. The first-order chi connectivity index (χ1) is 15.7. The third kappa shape index (κ3) is 6.28. The average molecular weight is 476 g/mol. The van der Waals surface area contributed by atoms with Crippen LogP contribution in [0.3, 0.4) is 0 Å². The molecule has 1 N–H and O–H groups in total. The second kappa shape index (κ2) is 9.46. The van der Waals surface area contributed by atoms with Crippen molar-refractivity contribution in [2.24, 2.45) is 5.92 Å². The Morgan fingerprint density at radius 3 is 2.73 bits per heavy atom. The predicted octanol–water partition coefficient (Wildman–Crippen LogP) is 2.78. The van der Waals surface area contributed by atoms with Crippen molar-refractivity contribution in [3.63, 3.8) is 0 Å². The number of halogens is 1. The van der Waals surface area contributed by atoms with E-state index in [1.165, 1.54) is 17.2 Å². The Kier molecular flexibility index (Phi) is 6.64. The first-order valence-corrected chi connectivity index (χ1v) is 12.7. The molecule has 1 aromatic carbocycles. The van der Waals surface area contributed by atoms with Crippen LogP contribution >= 0.6 is 0 Å². The summed E-state index contributed by atoms with van der Waals surface area (Å²) in [4.78, 5) is 28.5. The van der Waals surface area contributed by atoms with Crippen LogP contribution in [0.1, 0.15) is 42.5 Å². The van der Waals surface area contributed by atoms with E-state index in [2.05, 4.69) is 10.3 Å². The number of rotatable bonds is 10. The molecule has 1 aliphatic carbocycles. The minimum atomic E-state index is -3.49. The van der Waals surface area contributed by atoms with E-state index in [1.807, 2.05) is 0 Å². The Balaban J connectivity index is 1.39. The summed E-state index contributed by atoms with van der Waals surface area (Å²) in [6, 6.07) is 7.24. The Morgan fingerprint density at radius 2 is 2.03 bits per heavy atom. The van der Waals surface area contributed by atoms with Gasteiger partial charge in [-0.1, -0.05) is 13.0 Å². The Labute approximate surface area is 192 Å². The lowest BCUT2D eigenvalue weighted by atomic mass is 10.0. The van der Waals surface area contributed by atoms with Gasteiger partial charge < -0.3 is 9.64 Å². The number of nitrogens with one attached hydrogen (secondary N) is 1. The minimum absolute atomic E-state index is 0.0510. The summed E-state index contributed by atoms with van der Waals surface area (Å²) >= 11 is 0. The second-order valence-electron chi connectivity index (χ2n) is 8.76. The van der Waals surface area contributed by atoms with E-state index in [4.69, 9.17) is 4.74 Å². The summed E-state index contributed by atoms with van der Waals surface area (Å²) in [5.41, 5.74) is 1.74. The molecule has 3 amide bonds. The summed E-state index contributed by atoms with van der Waals surface area (Å²) in [6.45, 7) is 2.33. The van der Waals surface area contributed by atoms with Crippen molar-refractivity contribution in [1.29, 1.82) is 0 Å². The highest BCUT2D eigenvalue weighted by Gasteiger charge is 2.27. The van der Waals surface area contributed by atoms with Gasteiger partial charge in [-0.05, 0) is 60.1 Å². The Morgan fingerprint density at radius 1 is 1.24 bits per heavy atom. The topological polar surface area (TPSA) is 106 Å². The fourth-order valence-electron chi connectivity index (χ4n) is 3.73. The molecule has 1 saturated carbocycles. The van der Waals surface area contributed by atoms with Crippen LogP contribution in [-0.2, 0) is 26.9 Å². The van der Waals surface area contributed by atoms with Gasteiger partial charge in [0.15, 0.2) is 21.4 Å². The maximum atomic E-state index is 14.1. The molecule has 0 bridgehead atoms. The highest BCUT2D eigenvalue weighted by molar-refractivity contribution is 7.90. The Hall–Kier alpha value is -3.01. The molecule has 4 rings (SSSR count). The molecule has 2 fully saturated rings. The van der Waals surface area contributed by atoms with E-state index >= 15 is 0 Å². The molecular formula is C23H26FN3O5S. The minimum Gasteiger partial charge on any atom is -0.490 e. The second-order valence-corrected chi connectivity index (χ2v) is 10.9. The molecule has 33 heavy (non-hydrogen) atoms. The van der Waals surface area contributed by atoms with Crippen molar-refractivity contribution in [3.05, 3.63) is 59.2 Å². The van der Waals surface area contributed by atoms with Crippen molar-refractivity contribution >= 4 is 21.8 Å². The van der Waals surface area contributed by atoms with Gasteiger partial charge in [0.25, 0.3) is 0 Å². The fourth-order valence-corrected chi connectivity index (χ4v) is 5.49. The summed E-state index contributed by atoms with van der Waals surface area (Å²) < 4.78 is 45.4. The van der Waals surface area contributed by atoms with Crippen LogP contribution in [-0.4, -0.2) is 49.1 Å². The lowest BCUT2D eigenvalue weighted by Gasteiger charge is -2.15. The van der Waals surface area contributed by atoms with Gasteiger partial charge in [0.1, 0.15) is 6.54 Å². The molecule has 0 spiro atoms. The number of hydrogen-bond acceptors (Lipinski definition) is 6. The van der Waals surface area contributed by atoms with E-state index in [9.17, 15) is 22.4 Å². The number of urea groups is 1. The number of carbonyl (C=O) groups is 2. The van der Waals surface area contributed by atoms with Crippen LogP contribution in [0.2, 0.25) is 0 Å². The first-order valence-electron chi connectivity index (χ1n) is 10.8. The van der Waals surface area contributed by atoms with Crippen LogP contribution in [0.25, 0.3) is 0 Å². The van der Waals surface area contributed by atoms with Crippen molar-refractivity contribution in [3.8, 4) is 5.75 Å². The molecule has 1 aliphatic heterocycles. The van der Waals surface area contributed by atoms with Crippen LogP contribution in [0, 0.1) is 11.7 Å². The molecule has 1 aromatic heterocycles. The zero-order chi connectivity index (χ0) is 23.6. The SMILES string of the molecule is C[C@@H](CS(=O)(=O)Cc1ccnc(CN2CC(=O)NC2=O)c1)c1ccc(F)c(OCC2CC2)c1. The number of imide groups is 1. The van der Waals surface area contributed by atoms with Crippen LogP contribution < -0.4 is 10.1 Å². The molecule has 176 valence electrons. The highest BCUT2D eigenvalue weighted by atomic mass is 32.2. The van der Waals surface area contributed by atoms with Crippen LogP contribution in [0.5, 0.6) is 5.75 Å². The lowest BCUT2D eigenvalue weighted by molar-refractivity contribution is -0.118. The Bertz CT molecular complexity index is 1170. The third-order valence-electron chi connectivity index (χ3n) is 5.69. The standard InChI is InChI=1S/C23H26FN3O5S/c1-15(18-4-5-20(24)21(9-18)32-12-16-2-3-16)13-33(30,31)14-17-6-7-25-19(8-17)10-27-11-22(28)26-23(27)29/h4-9,15-16H,2-3,10-14H2,1H3,(H,26,28,29)/t15-/m0/s1. The molecule has 2 aromatic rings. The third-order valence-corrected chi connectivity index (χ3v) is 7.47. The maximum absolute atomic E-state index is 14.1. The maximum Gasteiger partial charge on any atom is 0.324 e. The highest BCUT2D eigenvalue weighted by Crippen LogP contribution is 2.31. The number of nitrogens with zero attached hydrogens (tertiary/aromatic N) is 2. The molecule has 2 aliphatic rings. The van der Waals surface area contributed by atoms with Gasteiger partial charge in [-0.25, -0.2) is 17.6 Å². The van der Waals surface area contributed by atoms with Gasteiger partial charge in [-0.15, -0.1) is 0 Å². The lowest BCUT2D eigenvalue weighted by Crippen LogP contribution is -2.28. The summed E-state index contributed by atoms with van der Waals surface area (Å²) in [7, 11) is -3.49. The molecule has 0 unspecified atom stereocenters. The van der Waals surface area contributed by atoms with Crippen molar-refractivity contribution in [2.75, 3.05) is 18.9 Å². The quantitative estimate of drug-likeness (QED) is 0.530. The van der Waals surface area contributed by atoms with E-state index in [1.54, 1.807) is 31.2 Å². The number of benzene rings is 1. The summed E-state index contributed by atoms with van der Waals surface area (Å²) in [5.74, 6) is -0.837. The summed E-state index contributed by atoms with van der Waals surface area (Å²) in [6.07, 6.45) is 3.68. The van der Waals surface area contributed by atoms with Crippen LogP contribution in [0.15, 0.2) is 36.5 Å². The molecule has 1 atom stereocenters. The number of hydrogen-bond donors (Lipinski definition) is 1. The van der Waals surface area contributed by atoms with E-state index in [0.29, 0.717) is 29.3 Å². The van der Waals surface area contributed by atoms with E-state index in [-0.39, 0.29) is 42.2 Å². The monoisotopic (exact) mass is 475 g/mol. The number of pyridine rings is 1. The fraction of sp³-hybridized carbons (Fsp3) is 0.435. The molecular weight excluding hydrogens is 449 g/mol.